The molecule has 0 aliphatic carbocycles. The number of amides is 1. The molecule has 19 heavy (non-hydrogen) atoms. The summed E-state index contributed by atoms with van der Waals surface area (Å²) in [6.07, 6.45) is 1.65. The molecule has 1 amide bonds. The molecule has 104 valence electrons. The molecule has 0 saturated carbocycles. The zero-order valence-electron chi connectivity index (χ0n) is 10.9. The third-order valence-electron chi connectivity index (χ3n) is 2.82. The van der Waals surface area contributed by atoms with Crippen LogP contribution in [0.2, 0.25) is 0 Å². The molecule has 0 bridgehead atoms. The van der Waals surface area contributed by atoms with Crippen molar-refractivity contribution in [1.82, 2.24) is 5.32 Å². The van der Waals surface area contributed by atoms with Crippen molar-refractivity contribution in [3.63, 3.8) is 0 Å². The lowest BCUT2D eigenvalue weighted by molar-refractivity contribution is -0.142. The molecule has 0 unspecified atom stereocenters. The van der Waals surface area contributed by atoms with Gasteiger partial charge < -0.3 is 15.5 Å². The van der Waals surface area contributed by atoms with Crippen molar-refractivity contribution in [2.24, 2.45) is 0 Å². The summed E-state index contributed by atoms with van der Waals surface area (Å²) in [6, 6.07) is 5.96. The zero-order chi connectivity index (χ0) is 14.3. The molecule has 0 aliphatic rings. The predicted molar refractivity (Wildman–Crippen MR) is 70.9 cm³/mol. The van der Waals surface area contributed by atoms with Crippen LogP contribution in [0.15, 0.2) is 24.3 Å². The Labute approximate surface area is 112 Å². The average Bonchev–Trinajstić information content (AvgIpc) is 2.37. The summed E-state index contributed by atoms with van der Waals surface area (Å²) in [6.45, 7) is 1.87. The Morgan fingerprint density at radius 1 is 1.32 bits per heavy atom. The maximum Gasteiger partial charge on any atom is 0.326 e. The molecule has 1 atom stereocenters. The number of nitrogens with one attached hydrogen (secondary N) is 1. The van der Waals surface area contributed by atoms with E-state index in [2.05, 4.69) is 5.32 Å². The smallest absolute Gasteiger partial charge is 0.326 e. The minimum Gasteiger partial charge on any atom is -0.508 e. The number of aliphatic carboxylic acids is 1. The maximum absolute atomic E-state index is 11.7. The fraction of sp³-hybridized carbons (Fsp3) is 0.429. The molecule has 0 spiro atoms. The highest BCUT2D eigenvalue weighted by molar-refractivity contribution is 5.83. The van der Waals surface area contributed by atoms with Gasteiger partial charge in [0.2, 0.25) is 5.91 Å². The number of carbonyl (C=O) groups is 2. The number of hydrogen-bond donors (Lipinski definition) is 3. The van der Waals surface area contributed by atoms with Crippen molar-refractivity contribution < 1.29 is 19.8 Å². The van der Waals surface area contributed by atoms with Crippen LogP contribution >= 0.6 is 0 Å². The SMILES string of the molecule is CCC[C@H](NC(=O)CCc1ccccc1O)C(=O)O. The fourth-order valence-corrected chi connectivity index (χ4v) is 1.78. The Bertz CT molecular complexity index is 445. The number of carbonyl (C=O) groups excluding carboxylic acids is 1. The van der Waals surface area contributed by atoms with Crippen LogP contribution in [-0.4, -0.2) is 28.1 Å². The van der Waals surface area contributed by atoms with Gasteiger partial charge in [0, 0.05) is 6.42 Å². The molecule has 5 heteroatoms. The van der Waals surface area contributed by atoms with Gasteiger partial charge >= 0.3 is 5.97 Å². The molecule has 1 aromatic carbocycles. The van der Waals surface area contributed by atoms with Crippen LogP contribution in [0.1, 0.15) is 31.7 Å². The summed E-state index contributed by atoms with van der Waals surface area (Å²) in [5.74, 6) is -1.18. The average molecular weight is 265 g/mol. The normalized spacial score (nSPS) is 11.8. The van der Waals surface area contributed by atoms with Gasteiger partial charge in [0.25, 0.3) is 0 Å². The number of para-hydroxylation sites is 1. The molecule has 3 N–H and O–H groups in total. The van der Waals surface area contributed by atoms with E-state index in [1.165, 1.54) is 0 Å². The van der Waals surface area contributed by atoms with E-state index in [-0.39, 0.29) is 18.1 Å². The number of rotatable bonds is 7. The van der Waals surface area contributed by atoms with E-state index in [0.717, 1.165) is 0 Å². The molecule has 0 saturated heterocycles. The number of aromatic hydroxyl groups is 1. The molecule has 0 heterocycles. The minimum absolute atomic E-state index is 0.152. The summed E-state index contributed by atoms with van der Waals surface area (Å²) in [5.41, 5.74) is 0.681. The summed E-state index contributed by atoms with van der Waals surface area (Å²) < 4.78 is 0. The zero-order valence-corrected chi connectivity index (χ0v) is 10.9. The van der Waals surface area contributed by atoms with E-state index in [9.17, 15) is 14.7 Å². The van der Waals surface area contributed by atoms with Gasteiger partial charge in [-0.15, -0.1) is 0 Å². The van der Waals surface area contributed by atoms with Crippen molar-refractivity contribution in [1.29, 1.82) is 0 Å². The monoisotopic (exact) mass is 265 g/mol. The van der Waals surface area contributed by atoms with Crippen molar-refractivity contribution in [3.05, 3.63) is 29.8 Å². The second-order valence-corrected chi connectivity index (χ2v) is 4.38. The second kappa shape index (κ2) is 7.41. The highest BCUT2D eigenvalue weighted by Gasteiger charge is 2.18. The van der Waals surface area contributed by atoms with Crippen molar-refractivity contribution >= 4 is 11.9 Å². The fourth-order valence-electron chi connectivity index (χ4n) is 1.78. The highest BCUT2D eigenvalue weighted by Crippen LogP contribution is 2.17. The second-order valence-electron chi connectivity index (χ2n) is 4.38. The Hall–Kier alpha value is -2.04. The summed E-state index contributed by atoms with van der Waals surface area (Å²) in [7, 11) is 0. The van der Waals surface area contributed by atoms with Gasteiger partial charge in [-0.3, -0.25) is 4.79 Å². The number of aryl methyl sites for hydroxylation is 1. The van der Waals surface area contributed by atoms with Crippen LogP contribution < -0.4 is 5.32 Å². The molecule has 1 rings (SSSR count). The molecule has 0 aromatic heterocycles. The van der Waals surface area contributed by atoms with E-state index in [1.807, 2.05) is 6.92 Å². The Morgan fingerprint density at radius 3 is 2.58 bits per heavy atom. The van der Waals surface area contributed by atoms with Gasteiger partial charge in [0.1, 0.15) is 11.8 Å². The van der Waals surface area contributed by atoms with Gasteiger partial charge in [0.15, 0.2) is 0 Å². The lowest BCUT2D eigenvalue weighted by atomic mass is 10.1. The summed E-state index contributed by atoms with van der Waals surface area (Å²) in [5, 5.41) is 21.0. The lowest BCUT2D eigenvalue weighted by Crippen LogP contribution is -2.40. The van der Waals surface area contributed by atoms with Gasteiger partial charge in [-0.1, -0.05) is 31.5 Å². The van der Waals surface area contributed by atoms with E-state index in [0.29, 0.717) is 24.8 Å². The van der Waals surface area contributed by atoms with Crippen LogP contribution in [-0.2, 0) is 16.0 Å². The van der Waals surface area contributed by atoms with E-state index in [4.69, 9.17) is 5.11 Å². The van der Waals surface area contributed by atoms with Crippen LogP contribution in [0.25, 0.3) is 0 Å². The van der Waals surface area contributed by atoms with E-state index >= 15 is 0 Å². The third-order valence-corrected chi connectivity index (χ3v) is 2.82. The van der Waals surface area contributed by atoms with Crippen molar-refractivity contribution in [3.8, 4) is 5.75 Å². The molecular weight excluding hydrogens is 246 g/mol. The number of phenolic OH excluding ortho intramolecular Hbond substituents is 1. The van der Waals surface area contributed by atoms with Crippen LogP contribution in [0, 0.1) is 0 Å². The van der Waals surface area contributed by atoms with Crippen LogP contribution in [0.4, 0.5) is 0 Å². The first-order valence-corrected chi connectivity index (χ1v) is 6.33. The molecule has 1 aromatic rings. The molecule has 0 radical (unpaired) electrons. The van der Waals surface area contributed by atoms with Gasteiger partial charge in [-0.25, -0.2) is 4.79 Å². The Balaban J connectivity index is 2.47. The summed E-state index contributed by atoms with van der Waals surface area (Å²) >= 11 is 0. The predicted octanol–water partition coefficient (Wildman–Crippen LogP) is 1.69. The molecule has 5 nitrogen and oxygen atoms in total. The Kier molecular flexibility index (Phi) is 5.85. The van der Waals surface area contributed by atoms with Crippen molar-refractivity contribution in [2.45, 2.75) is 38.6 Å². The number of carboxylic acid groups (broad SMARTS) is 1. The minimum atomic E-state index is -1.02. The first-order valence-electron chi connectivity index (χ1n) is 6.33. The Morgan fingerprint density at radius 2 is 2.00 bits per heavy atom. The van der Waals surface area contributed by atoms with Crippen molar-refractivity contribution in [2.75, 3.05) is 0 Å². The topological polar surface area (TPSA) is 86.6 Å². The molecular formula is C14H19NO4. The largest absolute Gasteiger partial charge is 0.508 e. The van der Waals surface area contributed by atoms with Gasteiger partial charge in [-0.05, 0) is 24.5 Å². The first kappa shape index (κ1) is 15.0. The van der Waals surface area contributed by atoms with E-state index in [1.54, 1.807) is 24.3 Å². The van der Waals surface area contributed by atoms with Gasteiger partial charge in [0.05, 0.1) is 0 Å². The highest BCUT2D eigenvalue weighted by atomic mass is 16.4. The first-order chi connectivity index (χ1) is 9.04. The quantitative estimate of drug-likeness (QED) is 0.700. The molecule has 0 fully saturated rings. The third kappa shape index (κ3) is 4.99. The number of hydrogen-bond acceptors (Lipinski definition) is 3. The standard InChI is InChI=1S/C14H19NO4/c1-2-5-11(14(18)19)15-13(17)9-8-10-6-3-4-7-12(10)16/h3-4,6-7,11,16H,2,5,8-9H2,1H3,(H,15,17)(H,18,19)/t11-/m0/s1. The number of phenols is 1. The molecule has 0 aliphatic heterocycles. The van der Waals surface area contributed by atoms with Crippen LogP contribution in [0.5, 0.6) is 5.75 Å². The summed E-state index contributed by atoms with van der Waals surface area (Å²) in [4.78, 5) is 22.6. The van der Waals surface area contributed by atoms with E-state index < -0.39 is 12.0 Å². The van der Waals surface area contributed by atoms with Crippen LogP contribution in [0.3, 0.4) is 0 Å². The number of carboxylic acids is 1. The van der Waals surface area contributed by atoms with Gasteiger partial charge in [-0.2, -0.15) is 0 Å². The number of benzene rings is 1. The maximum atomic E-state index is 11.7. The lowest BCUT2D eigenvalue weighted by Gasteiger charge is -2.13.